The Labute approximate surface area is 356 Å². The molecule has 0 fully saturated rings. The van der Waals surface area contributed by atoms with Gasteiger partial charge in [-0.05, 0) is 127 Å². The Morgan fingerprint density at radius 2 is 0.803 bits per heavy atom. The number of benzene rings is 10. The molecule has 12 rings (SSSR count). The second-order valence-electron chi connectivity index (χ2n) is 16.1. The fraction of sp³-hybridized carbons (Fsp3) is 0.0169. The second-order valence-corrected chi connectivity index (χ2v) is 16.1. The first kappa shape index (κ1) is 35.0. The van der Waals surface area contributed by atoms with E-state index in [1.165, 1.54) is 77.8 Å². The molecule has 0 bridgehead atoms. The van der Waals surface area contributed by atoms with Crippen LogP contribution in [0.5, 0.6) is 0 Å². The van der Waals surface area contributed by atoms with E-state index in [9.17, 15) is 0 Å². The molecule has 2 aliphatic rings. The molecule has 0 radical (unpaired) electrons. The van der Waals surface area contributed by atoms with Crippen LogP contribution in [0.4, 0.5) is 34.1 Å². The van der Waals surface area contributed by atoms with Crippen molar-refractivity contribution in [2.24, 2.45) is 0 Å². The number of anilines is 6. The van der Waals surface area contributed by atoms with Crippen LogP contribution in [-0.4, -0.2) is 0 Å². The van der Waals surface area contributed by atoms with Gasteiger partial charge in [0.25, 0.3) is 0 Å². The van der Waals surface area contributed by atoms with Gasteiger partial charge in [0.1, 0.15) is 0 Å². The summed E-state index contributed by atoms with van der Waals surface area (Å²) in [6, 6.07) is 89.0. The largest absolute Gasteiger partial charge is 0.310 e. The van der Waals surface area contributed by atoms with Crippen LogP contribution in [0, 0.1) is 0 Å². The van der Waals surface area contributed by atoms with Crippen LogP contribution in [0.3, 0.4) is 0 Å². The van der Waals surface area contributed by atoms with E-state index in [1.54, 1.807) is 0 Å². The highest BCUT2D eigenvalue weighted by Crippen LogP contribution is 2.64. The molecule has 61 heavy (non-hydrogen) atoms. The van der Waals surface area contributed by atoms with Gasteiger partial charge in [0.2, 0.25) is 0 Å². The van der Waals surface area contributed by atoms with Crippen LogP contribution in [0.15, 0.2) is 243 Å². The van der Waals surface area contributed by atoms with Gasteiger partial charge in [-0.1, -0.05) is 182 Å². The molecule has 0 saturated carbocycles. The second kappa shape index (κ2) is 14.1. The van der Waals surface area contributed by atoms with Gasteiger partial charge < -0.3 is 9.80 Å². The minimum Gasteiger partial charge on any atom is -0.310 e. The molecule has 1 aliphatic heterocycles. The SMILES string of the molecule is c1ccc(N(c2ccc(-c3ccc(-c4cccc5ccccc45)cc3)cc2)c2ccc3c(c2)C2(c4ccccc4-3)c3ccccc3N(c3ccccc3)c3ccccc32)cc1. The van der Waals surface area contributed by atoms with E-state index in [4.69, 9.17) is 0 Å². The Bertz CT molecular complexity index is 3190. The van der Waals surface area contributed by atoms with E-state index in [1.807, 2.05) is 0 Å². The Morgan fingerprint density at radius 3 is 1.52 bits per heavy atom. The summed E-state index contributed by atoms with van der Waals surface area (Å²) >= 11 is 0. The summed E-state index contributed by atoms with van der Waals surface area (Å²) in [5.41, 5.74) is 18.9. The molecule has 1 heterocycles. The van der Waals surface area contributed by atoms with Crippen molar-refractivity contribution in [3.05, 3.63) is 265 Å². The van der Waals surface area contributed by atoms with E-state index < -0.39 is 5.41 Å². The van der Waals surface area contributed by atoms with Crippen molar-refractivity contribution in [2.45, 2.75) is 5.41 Å². The van der Waals surface area contributed by atoms with Gasteiger partial charge >= 0.3 is 0 Å². The molecule has 1 spiro atoms. The highest BCUT2D eigenvalue weighted by atomic mass is 15.2. The number of hydrogen-bond donors (Lipinski definition) is 0. The smallest absolute Gasteiger partial charge is 0.0755 e. The maximum absolute atomic E-state index is 2.47. The van der Waals surface area contributed by atoms with Gasteiger partial charge in [0.05, 0.1) is 16.8 Å². The molecule has 0 N–H and O–H groups in total. The summed E-state index contributed by atoms with van der Waals surface area (Å²) < 4.78 is 0. The molecular formula is C59H40N2. The number of rotatable bonds is 6. The van der Waals surface area contributed by atoms with Crippen molar-refractivity contribution in [1.29, 1.82) is 0 Å². The zero-order chi connectivity index (χ0) is 40.3. The van der Waals surface area contributed by atoms with Gasteiger partial charge in [-0.25, -0.2) is 0 Å². The fourth-order valence-corrected chi connectivity index (χ4v) is 10.2. The van der Waals surface area contributed by atoms with E-state index in [2.05, 4.69) is 252 Å². The Kier molecular flexibility index (Phi) is 8.11. The third kappa shape index (κ3) is 5.43. The average Bonchev–Trinajstić information content (AvgIpc) is 3.62. The molecule has 1 aliphatic carbocycles. The molecule has 0 aromatic heterocycles. The monoisotopic (exact) mass is 776 g/mol. The van der Waals surface area contributed by atoms with Crippen molar-refractivity contribution in [1.82, 2.24) is 0 Å². The Hall–Kier alpha value is -7.94. The third-order valence-corrected chi connectivity index (χ3v) is 12.9. The van der Waals surface area contributed by atoms with Gasteiger partial charge in [-0.2, -0.15) is 0 Å². The van der Waals surface area contributed by atoms with E-state index in [0.29, 0.717) is 0 Å². The lowest BCUT2D eigenvalue weighted by molar-refractivity contribution is 0.752. The first-order valence-corrected chi connectivity index (χ1v) is 21.1. The van der Waals surface area contributed by atoms with Gasteiger partial charge in [0.15, 0.2) is 0 Å². The van der Waals surface area contributed by atoms with Crippen LogP contribution >= 0.6 is 0 Å². The lowest BCUT2D eigenvalue weighted by Gasteiger charge is -2.45. The van der Waals surface area contributed by atoms with E-state index in [-0.39, 0.29) is 0 Å². The van der Waals surface area contributed by atoms with Crippen LogP contribution in [0.2, 0.25) is 0 Å². The topological polar surface area (TPSA) is 6.48 Å². The first-order chi connectivity index (χ1) is 30.3. The zero-order valence-electron chi connectivity index (χ0n) is 33.5. The van der Waals surface area contributed by atoms with Gasteiger partial charge in [0, 0.05) is 22.7 Å². The van der Waals surface area contributed by atoms with Crippen molar-refractivity contribution in [3.8, 4) is 33.4 Å². The molecule has 10 aromatic rings. The minimum absolute atomic E-state index is 0.537. The molecule has 0 unspecified atom stereocenters. The van der Waals surface area contributed by atoms with Gasteiger partial charge in [-0.3, -0.25) is 0 Å². The summed E-state index contributed by atoms with van der Waals surface area (Å²) in [5.74, 6) is 0. The number of para-hydroxylation sites is 4. The molecule has 0 atom stereocenters. The van der Waals surface area contributed by atoms with Crippen molar-refractivity contribution in [2.75, 3.05) is 9.80 Å². The number of hydrogen-bond acceptors (Lipinski definition) is 2. The van der Waals surface area contributed by atoms with E-state index in [0.717, 1.165) is 22.7 Å². The highest BCUT2D eigenvalue weighted by molar-refractivity contribution is 5.98. The molecule has 10 aromatic carbocycles. The predicted octanol–water partition coefficient (Wildman–Crippen LogP) is 15.8. The molecule has 0 amide bonds. The quantitative estimate of drug-likeness (QED) is 0.166. The summed E-state index contributed by atoms with van der Waals surface area (Å²) in [4.78, 5) is 4.84. The van der Waals surface area contributed by atoms with Crippen molar-refractivity contribution < 1.29 is 0 Å². The summed E-state index contributed by atoms with van der Waals surface area (Å²) in [6.45, 7) is 0. The molecule has 0 saturated heterocycles. The molecule has 286 valence electrons. The lowest BCUT2D eigenvalue weighted by Crippen LogP contribution is -2.36. The Balaban J connectivity index is 0.994. The van der Waals surface area contributed by atoms with Crippen LogP contribution in [0.25, 0.3) is 44.2 Å². The van der Waals surface area contributed by atoms with Crippen LogP contribution in [-0.2, 0) is 5.41 Å². The molecule has 2 heteroatoms. The Morgan fingerprint density at radius 1 is 0.311 bits per heavy atom. The summed E-state index contributed by atoms with van der Waals surface area (Å²) in [5, 5.41) is 2.53. The highest BCUT2D eigenvalue weighted by Gasteiger charge is 2.51. The number of nitrogens with zero attached hydrogens (tertiary/aromatic N) is 2. The zero-order valence-corrected chi connectivity index (χ0v) is 33.5. The average molecular weight is 777 g/mol. The summed E-state index contributed by atoms with van der Waals surface area (Å²) in [6.07, 6.45) is 0. The molecular weight excluding hydrogens is 737 g/mol. The lowest BCUT2D eigenvalue weighted by atomic mass is 9.64. The van der Waals surface area contributed by atoms with Crippen LogP contribution in [0.1, 0.15) is 22.3 Å². The molecule has 2 nitrogen and oxygen atoms in total. The van der Waals surface area contributed by atoms with Crippen molar-refractivity contribution >= 4 is 44.9 Å². The summed E-state index contributed by atoms with van der Waals surface area (Å²) in [7, 11) is 0. The maximum Gasteiger partial charge on any atom is 0.0755 e. The number of fused-ring (bicyclic) bond motifs is 10. The first-order valence-electron chi connectivity index (χ1n) is 21.1. The standard InChI is InChI=1S/C59H40N2/c1-3-18-45(19-4-1)60(47-36-34-42(35-37-47)41-30-32-44(33-31-41)50-24-15-17-43-16-7-8-22-49(43)50)48-38-39-52-51-23-9-10-25-53(51)59(56(52)40-48)54-26-11-13-28-57(54)61(46-20-5-2-6-21-46)58-29-14-12-27-55(58)59/h1-40H. The predicted molar refractivity (Wildman–Crippen MR) is 255 cm³/mol. The van der Waals surface area contributed by atoms with Crippen molar-refractivity contribution in [3.63, 3.8) is 0 Å². The fourth-order valence-electron chi connectivity index (χ4n) is 10.2. The van der Waals surface area contributed by atoms with Crippen LogP contribution < -0.4 is 9.80 Å². The van der Waals surface area contributed by atoms with Gasteiger partial charge in [-0.15, -0.1) is 0 Å². The third-order valence-electron chi connectivity index (χ3n) is 12.9. The van der Waals surface area contributed by atoms with E-state index >= 15 is 0 Å². The minimum atomic E-state index is -0.537. The maximum atomic E-state index is 2.47. The normalized spacial score (nSPS) is 13.0.